The van der Waals surface area contributed by atoms with Crippen LogP contribution in [-0.2, 0) is 15.9 Å². The van der Waals surface area contributed by atoms with Crippen molar-refractivity contribution >= 4 is 46.8 Å². The highest BCUT2D eigenvalue weighted by Gasteiger charge is 2.10. The highest BCUT2D eigenvalue weighted by molar-refractivity contribution is 6.34. The molecule has 2 amide bonds. The van der Waals surface area contributed by atoms with E-state index in [9.17, 15) is 9.59 Å². The average Bonchev–Trinajstić information content (AvgIpc) is 2.70. The first-order chi connectivity index (χ1) is 13.9. The van der Waals surface area contributed by atoms with E-state index in [1.807, 2.05) is 26.0 Å². The van der Waals surface area contributed by atoms with E-state index in [2.05, 4.69) is 10.6 Å². The van der Waals surface area contributed by atoms with Crippen molar-refractivity contribution in [2.24, 2.45) is 0 Å². The number of carbonyl (C=O) groups excluding carboxylic acids is 2. The van der Waals surface area contributed by atoms with Gasteiger partial charge < -0.3 is 9.47 Å². The van der Waals surface area contributed by atoms with Crippen molar-refractivity contribution in [3.63, 3.8) is 0 Å². The number of carbonyl (C=O) groups is 2. The molecule has 0 aliphatic rings. The molecule has 0 radical (unpaired) electrons. The number of nitrogens with one attached hydrogen (secondary N) is 2. The molecule has 0 aromatic heterocycles. The number of benzene rings is 2. The Kier molecular flexibility index (Phi) is 9.09. The third-order valence-corrected chi connectivity index (χ3v) is 4.48. The molecule has 0 atom stereocenters. The van der Waals surface area contributed by atoms with Crippen molar-refractivity contribution in [3.8, 4) is 0 Å². The van der Waals surface area contributed by atoms with Gasteiger partial charge in [0.15, 0.2) is 0 Å². The number of hydrogen-bond acceptors (Lipinski definition) is 4. The molecule has 0 unspecified atom stereocenters. The second-order valence-electron chi connectivity index (χ2n) is 6.33. The Bertz CT molecular complexity index is 789. The lowest BCUT2D eigenvalue weighted by Gasteiger charge is -2.12. The first-order valence-corrected chi connectivity index (χ1v) is 10.1. The maximum atomic E-state index is 11.8. The Morgan fingerprint density at radius 1 is 0.793 bits per heavy atom. The molecule has 0 spiro atoms. The fraction of sp³-hybridized carbons (Fsp3) is 0.333. The maximum absolute atomic E-state index is 11.8. The van der Waals surface area contributed by atoms with Gasteiger partial charge in [0.25, 0.3) is 0 Å². The van der Waals surface area contributed by atoms with E-state index in [-0.39, 0.29) is 0 Å². The minimum absolute atomic E-state index is 0.338. The van der Waals surface area contributed by atoms with Crippen molar-refractivity contribution in [1.82, 2.24) is 0 Å². The number of hydrogen-bond donors (Lipinski definition) is 2. The van der Waals surface area contributed by atoms with E-state index in [0.717, 1.165) is 24.0 Å². The molecule has 0 aliphatic carbocycles. The minimum atomic E-state index is -0.547. The SMILES string of the molecule is CCCOC(=O)Nc1cc(Cc2ccc(Cl)c(NC(=O)OCCC)c2)ccc1Cl. The van der Waals surface area contributed by atoms with E-state index < -0.39 is 12.2 Å². The highest BCUT2D eigenvalue weighted by Crippen LogP contribution is 2.27. The summed E-state index contributed by atoms with van der Waals surface area (Å²) in [5.41, 5.74) is 2.78. The molecule has 0 aliphatic heterocycles. The van der Waals surface area contributed by atoms with Crippen LogP contribution in [0.5, 0.6) is 0 Å². The van der Waals surface area contributed by atoms with Gasteiger partial charge >= 0.3 is 12.2 Å². The van der Waals surface area contributed by atoms with Gasteiger partial charge in [-0.05, 0) is 54.7 Å². The molecule has 156 valence electrons. The molecule has 0 saturated carbocycles. The molecule has 0 saturated heterocycles. The molecular weight excluding hydrogens is 415 g/mol. The molecule has 6 nitrogen and oxygen atoms in total. The molecule has 8 heteroatoms. The lowest BCUT2D eigenvalue weighted by Crippen LogP contribution is -2.14. The summed E-state index contributed by atoms with van der Waals surface area (Å²) in [4.78, 5) is 23.6. The zero-order chi connectivity index (χ0) is 21.2. The van der Waals surface area contributed by atoms with Crippen LogP contribution in [0.3, 0.4) is 0 Å². The van der Waals surface area contributed by atoms with Gasteiger partial charge in [0.1, 0.15) is 0 Å². The van der Waals surface area contributed by atoms with Crippen LogP contribution >= 0.6 is 23.2 Å². The topological polar surface area (TPSA) is 76.7 Å². The fourth-order valence-electron chi connectivity index (χ4n) is 2.47. The lowest BCUT2D eigenvalue weighted by molar-refractivity contribution is 0.161. The van der Waals surface area contributed by atoms with Gasteiger partial charge in [-0.2, -0.15) is 0 Å². The van der Waals surface area contributed by atoms with Gasteiger partial charge in [0.05, 0.1) is 34.6 Å². The van der Waals surface area contributed by atoms with Crippen LogP contribution in [0.2, 0.25) is 10.0 Å². The Morgan fingerprint density at radius 2 is 1.21 bits per heavy atom. The summed E-state index contributed by atoms with van der Waals surface area (Å²) in [6.07, 6.45) is 0.926. The summed E-state index contributed by atoms with van der Waals surface area (Å²) in [5.74, 6) is 0. The molecule has 2 aromatic carbocycles. The Labute approximate surface area is 180 Å². The monoisotopic (exact) mass is 438 g/mol. The van der Waals surface area contributed by atoms with Crippen molar-refractivity contribution < 1.29 is 19.1 Å². The van der Waals surface area contributed by atoms with E-state index >= 15 is 0 Å². The van der Waals surface area contributed by atoms with Gasteiger partial charge in [0.2, 0.25) is 0 Å². The molecular formula is C21H24Cl2N2O4. The summed E-state index contributed by atoms with van der Waals surface area (Å²) in [7, 11) is 0. The molecule has 2 rings (SSSR count). The number of anilines is 2. The summed E-state index contributed by atoms with van der Waals surface area (Å²) in [6.45, 7) is 4.51. The van der Waals surface area contributed by atoms with Crippen molar-refractivity contribution in [2.45, 2.75) is 33.1 Å². The third-order valence-electron chi connectivity index (χ3n) is 3.82. The van der Waals surface area contributed by atoms with Crippen LogP contribution in [0, 0.1) is 0 Å². The van der Waals surface area contributed by atoms with Crippen molar-refractivity contribution in [1.29, 1.82) is 0 Å². The molecule has 0 bridgehead atoms. The van der Waals surface area contributed by atoms with Crippen LogP contribution in [0.15, 0.2) is 36.4 Å². The van der Waals surface area contributed by atoms with Gasteiger partial charge in [-0.25, -0.2) is 9.59 Å². The minimum Gasteiger partial charge on any atom is -0.449 e. The molecule has 29 heavy (non-hydrogen) atoms. The zero-order valence-corrected chi connectivity index (χ0v) is 17.9. The van der Waals surface area contributed by atoms with E-state index in [1.54, 1.807) is 24.3 Å². The van der Waals surface area contributed by atoms with Gasteiger partial charge in [-0.15, -0.1) is 0 Å². The number of ether oxygens (including phenoxy) is 2. The number of amides is 2. The first-order valence-electron chi connectivity index (χ1n) is 9.37. The second-order valence-corrected chi connectivity index (χ2v) is 7.14. The van der Waals surface area contributed by atoms with Crippen molar-refractivity contribution in [2.75, 3.05) is 23.8 Å². The average molecular weight is 439 g/mol. The maximum Gasteiger partial charge on any atom is 0.411 e. The normalized spacial score (nSPS) is 10.3. The predicted octanol–water partition coefficient (Wildman–Crippen LogP) is 6.50. The lowest BCUT2D eigenvalue weighted by atomic mass is 10.0. The van der Waals surface area contributed by atoms with Crippen LogP contribution < -0.4 is 10.6 Å². The summed E-state index contributed by atoms with van der Waals surface area (Å²) < 4.78 is 10.1. The number of halogens is 2. The van der Waals surface area contributed by atoms with Gasteiger partial charge in [0, 0.05) is 0 Å². The smallest absolute Gasteiger partial charge is 0.411 e. The van der Waals surface area contributed by atoms with Crippen LogP contribution in [-0.4, -0.2) is 25.4 Å². The molecule has 2 N–H and O–H groups in total. The first kappa shape index (κ1) is 22.8. The largest absolute Gasteiger partial charge is 0.449 e. The molecule has 0 heterocycles. The predicted molar refractivity (Wildman–Crippen MR) is 116 cm³/mol. The summed E-state index contributed by atoms with van der Waals surface area (Å²) >= 11 is 12.3. The fourth-order valence-corrected chi connectivity index (χ4v) is 2.80. The van der Waals surface area contributed by atoms with Crippen LogP contribution in [0.25, 0.3) is 0 Å². The van der Waals surface area contributed by atoms with Gasteiger partial charge in [-0.1, -0.05) is 49.2 Å². The highest BCUT2D eigenvalue weighted by atomic mass is 35.5. The van der Waals surface area contributed by atoms with E-state index in [0.29, 0.717) is 41.1 Å². The van der Waals surface area contributed by atoms with Crippen LogP contribution in [0.1, 0.15) is 37.8 Å². The Hall–Kier alpha value is -2.44. The molecule has 2 aromatic rings. The summed E-state index contributed by atoms with van der Waals surface area (Å²) in [5, 5.41) is 6.13. The Balaban J connectivity index is 2.11. The third kappa shape index (κ3) is 7.48. The van der Waals surface area contributed by atoms with E-state index in [4.69, 9.17) is 32.7 Å². The summed E-state index contributed by atoms with van der Waals surface area (Å²) in [6, 6.07) is 10.7. The van der Waals surface area contributed by atoms with Crippen LogP contribution in [0.4, 0.5) is 21.0 Å². The zero-order valence-electron chi connectivity index (χ0n) is 16.4. The Morgan fingerprint density at radius 3 is 1.59 bits per heavy atom. The van der Waals surface area contributed by atoms with E-state index in [1.165, 1.54) is 0 Å². The number of rotatable bonds is 8. The van der Waals surface area contributed by atoms with Crippen molar-refractivity contribution in [3.05, 3.63) is 57.6 Å². The standard InChI is InChI=1S/C21H24Cl2N2O4/c1-3-9-28-20(26)24-18-12-14(5-7-16(18)22)11-15-6-8-17(23)19(13-15)25-21(27)29-10-4-2/h5-8,12-13H,3-4,9-11H2,1-2H3,(H,24,26)(H,25,27). The second kappa shape index (κ2) is 11.5. The van der Waals surface area contributed by atoms with Gasteiger partial charge in [-0.3, -0.25) is 10.6 Å². The quantitative estimate of drug-likeness (QED) is 0.492. The molecule has 0 fully saturated rings.